The van der Waals surface area contributed by atoms with Crippen molar-refractivity contribution in [1.82, 2.24) is 0 Å². The number of nitriles is 1. The van der Waals surface area contributed by atoms with Crippen molar-refractivity contribution >= 4 is 15.9 Å². The topological polar surface area (TPSA) is 42.2 Å². The van der Waals surface area contributed by atoms with Gasteiger partial charge in [-0.3, -0.25) is 0 Å². The van der Waals surface area contributed by atoms with Gasteiger partial charge in [0.25, 0.3) is 0 Å². The third-order valence-electron chi connectivity index (χ3n) is 1.43. The zero-order chi connectivity index (χ0) is 12.2. The fourth-order valence-electron chi connectivity index (χ4n) is 0.892. The van der Waals surface area contributed by atoms with Crippen LogP contribution in [0.3, 0.4) is 0 Å². The zero-order valence-corrected chi connectivity index (χ0v) is 9.30. The summed E-state index contributed by atoms with van der Waals surface area (Å²) in [6, 6.07) is 5.51. The number of nitrogens with zero attached hydrogens (tertiary/aromatic N) is 1. The lowest BCUT2D eigenvalue weighted by Gasteiger charge is -2.11. The van der Waals surface area contributed by atoms with Gasteiger partial charge in [-0.05, 0) is 28.1 Å². The van der Waals surface area contributed by atoms with Crippen molar-refractivity contribution in [2.45, 2.75) is 6.36 Å². The van der Waals surface area contributed by atoms with Crippen molar-refractivity contribution < 1.29 is 22.6 Å². The van der Waals surface area contributed by atoms with E-state index in [0.29, 0.717) is 0 Å². The number of ether oxygens (including phenoxy) is 2. The Balaban J connectivity index is 2.87. The van der Waals surface area contributed by atoms with Crippen molar-refractivity contribution in [2.24, 2.45) is 0 Å². The predicted octanol–water partition coefficient (Wildman–Crippen LogP) is 3.25. The van der Waals surface area contributed by atoms with Crippen LogP contribution in [0.5, 0.6) is 11.5 Å². The zero-order valence-electron chi connectivity index (χ0n) is 7.71. The number of hydrogen-bond acceptors (Lipinski definition) is 3. The summed E-state index contributed by atoms with van der Waals surface area (Å²) in [5.41, 5.74) is 0. The van der Waals surface area contributed by atoms with Crippen LogP contribution < -0.4 is 9.47 Å². The SMILES string of the molecule is N#CCOc1ccc(Br)c(OC(F)(F)F)c1. The van der Waals surface area contributed by atoms with Gasteiger partial charge < -0.3 is 9.47 Å². The number of benzene rings is 1. The summed E-state index contributed by atoms with van der Waals surface area (Å²) in [6.45, 7) is -0.243. The average molecular weight is 296 g/mol. The highest BCUT2D eigenvalue weighted by atomic mass is 79.9. The van der Waals surface area contributed by atoms with Crippen LogP contribution in [0.2, 0.25) is 0 Å². The molecule has 0 aliphatic heterocycles. The highest BCUT2D eigenvalue weighted by Gasteiger charge is 2.32. The van der Waals surface area contributed by atoms with E-state index < -0.39 is 12.1 Å². The molecule has 7 heteroatoms. The Morgan fingerprint density at radius 1 is 1.38 bits per heavy atom. The summed E-state index contributed by atoms with van der Waals surface area (Å²) >= 11 is 2.91. The van der Waals surface area contributed by atoms with Crippen LogP contribution in [0.25, 0.3) is 0 Å². The summed E-state index contributed by atoms with van der Waals surface area (Å²) in [6.07, 6.45) is -4.77. The smallest absolute Gasteiger partial charge is 0.479 e. The maximum Gasteiger partial charge on any atom is 0.573 e. The number of rotatable bonds is 3. The maximum atomic E-state index is 12.0. The molecule has 0 radical (unpaired) electrons. The van der Waals surface area contributed by atoms with Gasteiger partial charge in [-0.15, -0.1) is 13.2 Å². The molecule has 3 nitrogen and oxygen atoms in total. The first kappa shape index (κ1) is 12.6. The van der Waals surface area contributed by atoms with Crippen LogP contribution in [-0.2, 0) is 0 Å². The van der Waals surface area contributed by atoms with Crippen LogP contribution in [0.4, 0.5) is 13.2 Å². The molecule has 0 N–H and O–H groups in total. The van der Waals surface area contributed by atoms with E-state index in [9.17, 15) is 13.2 Å². The lowest BCUT2D eigenvalue weighted by Crippen LogP contribution is -2.17. The standard InChI is InChI=1S/C9H5BrF3NO2/c10-7-2-1-6(15-4-3-14)5-8(7)16-9(11,12)13/h1-2,5H,4H2. The van der Waals surface area contributed by atoms with Crippen LogP contribution >= 0.6 is 15.9 Å². The molecule has 0 fully saturated rings. The molecule has 0 saturated heterocycles. The van der Waals surface area contributed by atoms with Crippen molar-refractivity contribution in [2.75, 3.05) is 6.61 Å². The molecule has 0 saturated carbocycles. The van der Waals surface area contributed by atoms with Gasteiger partial charge in [0.15, 0.2) is 6.61 Å². The summed E-state index contributed by atoms with van der Waals surface area (Å²) in [7, 11) is 0. The van der Waals surface area contributed by atoms with Gasteiger partial charge in [0.2, 0.25) is 0 Å². The van der Waals surface area contributed by atoms with Gasteiger partial charge in [-0.1, -0.05) is 0 Å². The fourth-order valence-corrected chi connectivity index (χ4v) is 1.22. The molecule has 16 heavy (non-hydrogen) atoms. The van der Waals surface area contributed by atoms with E-state index in [1.807, 2.05) is 0 Å². The molecule has 0 atom stereocenters. The highest BCUT2D eigenvalue weighted by Crippen LogP contribution is 2.33. The molecule has 0 aliphatic carbocycles. The van der Waals surface area contributed by atoms with E-state index in [1.165, 1.54) is 12.1 Å². The summed E-state index contributed by atoms with van der Waals surface area (Å²) in [5, 5.41) is 8.24. The minimum absolute atomic E-state index is 0.129. The number of alkyl halides is 3. The molecule has 1 rings (SSSR count). The first-order valence-electron chi connectivity index (χ1n) is 3.97. The van der Waals surface area contributed by atoms with Gasteiger partial charge in [0, 0.05) is 6.07 Å². The second-order valence-corrected chi connectivity index (χ2v) is 3.44. The Kier molecular flexibility index (Phi) is 4.01. The molecular weight excluding hydrogens is 291 g/mol. The van der Waals surface area contributed by atoms with Crippen molar-refractivity contribution in [3.63, 3.8) is 0 Å². The monoisotopic (exact) mass is 295 g/mol. The Bertz CT molecular complexity index is 414. The molecule has 0 amide bonds. The second-order valence-electron chi connectivity index (χ2n) is 2.59. The normalized spacial score (nSPS) is 10.7. The lowest BCUT2D eigenvalue weighted by atomic mass is 10.3. The van der Waals surface area contributed by atoms with E-state index >= 15 is 0 Å². The maximum absolute atomic E-state index is 12.0. The van der Waals surface area contributed by atoms with E-state index in [2.05, 4.69) is 20.7 Å². The quantitative estimate of drug-likeness (QED) is 0.860. The number of halogens is 4. The predicted molar refractivity (Wildman–Crippen MR) is 51.9 cm³/mol. The molecule has 0 unspecified atom stereocenters. The van der Waals surface area contributed by atoms with Gasteiger partial charge in [-0.25, -0.2) is 0 Å². The average Bonchev–Trinajstić information content (AvgIpc) is 2.17. The van der Waals surface area contributed by atoms with Gasteiger partial charge in [0.1, 0.15) is 17.6 Å². The first-order valence-corrected chi connectivity index (χ1v) is 4.77. The molecule has 0 aromatic heterocycles. The molecule has 86 valence electrons. The summed E-state index contributed by atoms with van der Waals surface area (Å²) < 4.78 is 44.6. The van der Waals surface area contributed by atoms with Crippen molar-refractivity contribution in [3.05, 3.63) is 22.7 Å². The highest BCUT2D eigenvalue weighted by molar-refractivity contribution is 9.10. The van der Waals surface area contributed by atoms with Gasteiger partial charge in [0.05, 0.1) is 4.47 Å². The Morgan fingerprint density at radius 2 is 2.06 bits per heavy atom. The molecule has 1 aromatic rings. The Hall–Kier alpha value is -1.42. The van der Waals surface area contributed by atoms with E-state index in [-0.39, 0.29) is 16.8 Å². The minimum atomic E-state index is -4.77. The van der Waals surface area contributed by atoms with Crippen molar-refractivity contribution in [1.29, 1.82) is 5.26 Å². The third kappa shape index (κ3) is 3.98. The molecule has 0 heterocycles. The molecule has 0 bridgehead atoms. The molecule has 0 aliphatic rings. The first-order chi connectivity index (χ1) is 7.42. The minimum Gasteiger partial charge on any atom is -0.479 e. The fraction of sp³-hybridized carbons (Fsp3) is 0.222. The molecule has 1 aromatic carbocycles. The van der Waals surface area contributed by atoms with E-state index in [0.717, 1.165) is 6.07 Å². The third-order valence-corrected chi connectivity index (χ3v) is 2.09. The van der Waals surface area contributed by atoms with E-state index in [1.54, 1.807) is 6.07 Å². The van der Waals surface area contributed by atoms with Crippen molar-refractivity contribution in [3.8, 4) is 17.6 Å². The molecular formula is C9H5BrF3NO2. The number of hydrogen-bond donors (Lipinski definition) is 0. The van der Waals surface area contributed by atoms with Crippen LogP contribution in [-0.4, -0.2) is 13.0 Å². The van der Waals surface area contributed by atoms with Crippen LogP contribution in [0, 0.1) is 11.3 Å². The Morgan fingerprint density at radius 3 is 2.62 bits per heavy atom. The summed E-state index contributed by atoms with van der Waals surface area (Å²) in [5.74, 6) is -0.285. The largest absolute Gasteiger partial charge is 0.573 e. The van der Waals surface area contributed by atoms with Crippen LogP contribution in [0.15, 0.2) is 22.7 Å². The lowest BCUT2D eigenvalue weighted by molar-refractivity contribution is -0.274. The molecule has 0 spiro atoms. The second kappa shape index (κ2) is 5.07. The van der Waals surface area contributed by atoms with Gasteiger partial charge in [-0.2, -0.15) is 5.26 Å². The Labute approximate surface area is 97.5 Å². The van der Waals surface area contributed by atoms with Crippen LogP contribution in [0.1, 0.15) is 0 Å². The summed E-state index contributed by atoms with van der Waals surface area (Å²) in [4.78, 5) is 0. The van der Waals surface area contributed by atoms with Gasteiger partial charge >= 0.3 is 6.36 Å². The van der Waals surface area contributed by atoms with E-state index in [4.69, 9.17) is 10.00 Å².